The van der Waals surface area contributed by atoms with Crippen molar-refractivity contribution >= 4 is 38.2 Å². The van der Waals surface area contributed by atoms with Crippen molar-refractivity contribution in [1.29, 1.82) is 0 Å². The van der Waals surface area contributed by atoms with Crippen LogP contribution in [-0.2, 0) is 10.0 Å². The topological polar surface area (TPSA) is 96.6 Å². The molecule has 4 rings (SSSR count). The van der Waals surface area contributed by atoms with Crippen LogP contribution in [0.15, 0.2) is 66.3 Å². The Labute approximate surface area is 174 Å². The molecule has 0 radical (unpaired) electrons. The van der Waals surface area contributed by atoms with Crippen LogP contribution in [0.2, 0.25) is 0 Å². The lowest BCUT2D eigenvalue weighted by molar-refractivity contribution is -0.383. The number of hydrogen-bond acceptors (Lipinski definition) is 6. The minimum Gasteiger partial charge on any atom is -0.368 e. The monoisotopic (exact) mass is 424 g/mol. The van der Waals surface area contributed by atoms with Gasteiger partial charge in [0.2, 0.25) is 10.0 Å². The number of piperazine rings is 1. The van der Waals surface area contributed by atoms with Gasteiger partial charge < -0.3 is 4.90 Å². The standard InChI is InChI=1S/C21H20N4O4S/c26-25(27)21-7-6-20(18-8-10-22-16-19(18)21)23-11-13-24(14-12-23)30(28,29)15-9-17-4-2-1-3-5-17/h1-10,15-16H,11-14H2/b15-9+. The van der Waals surface area contributed by atoms with E-state index < -0.39 is 14.9 Å². The lowest BCUT2D eigenvalue weighted by atomic mass is 10.1. The zero-order valence-corrected chi connectivity index (χ0v) is 16.9. The van der Waals surface area contributed by atoms with Crippen LogP contribution in [0.4, 0.5) is 11.4 Å². The third kappa shape index (κ3) is 4.03. The first-order chi connectivity index (χ1) is 14.5. The van der Waals surface area contributed by atoms with E-state index >= 15 is 0 Å². The molecule has 154 valence electrons. The van der Waals surface area contributed by atoms with Gasteiger partial charge in [-0.2, -0.15) is 4.31 Å². The fourth-order valence-corrected chi connectivity index (χ4v) is 4.77. The molecular formula is C21H20N4O4S. The molecule has 1 aromatic heterocycles. The largest absolute Gasteiger partial charge is 0.368 e. The van der Waals surface area contributed by atoms with E-state index in [0.717, 1.165) is 16.6 Å². The summed E-state index contributed by atoms with van der Waals surface area (Å²) in [4.78, 5) is 17.0. The van der Waals surface area contributed by atoms with Crippen molar-refractivity contribution in [3.05, 3.63) is 82.0 Å². The molecule has 1 aliphatic heterocycles. The smallest absolute Gasteiger partial charge is 0.278 e. The summed E-state index contributed by atoms with van der Waals surface area (Å²) in [5, 5.41) is 13.8. The molecule has 0 spiro atoms. The number of aromatic nitrogens is 1. The van der Waals surface area contributed by atoms with Crippen molar-refractivity contribution in [2.45, 2.75) is 0 Å². The first kappa shape index (κ1) is 20.0. The number of pyridine rings is 1. The van der Waals surface area contributed by atoms with Gasteiger partial charge in [0.1, 0.15) is 0 Å². The van der Waals surface area contributed by atoms with Crippen molar-refractivity contribution in [2.75, 3.05) is 31.1 Å². The van der Waals surface area contributed by atoms with E-state index in [-0.39, 0.29) is 5.69 Å². The Morgan fingerprint density at radius 1 is 0.967 bits per heavy atom. The Morgan fingerprint density at radius 3 is 2.40 bits per heavy atom. The Morgan fingerprint density at radius 2 is 1.70 bits per heavy atom. The molecule has 1 fully saturated rings. The highest BCUT2D eigenvalue weighted by molar-refractivity contribution is 7.92. The van der Waals surface area contributed by atoms with Crippen LogP contribution >= 0.6 is 0 Å². The molecule has 0 aliphatic carbocycles. The molecule has 0 N–H and O–H groups in total. The summed E-state index contributed by atoms with van der Waals surface area (Å²) >= 11 is 0. The fraction of sp³-hybridized carbons (Fsp3) is 0.190. The highest BCUT2D eigenvalue weighted by Gasteiger charge is 2.26. The number of nitro groups is 1. The lowest BCUT2D eigenvalue weighted by Crippen LogP contribution is -2.48. The Kier molecular flexibility index (Phi) is 5.47. The number of benzene rings is 2. The van der Waals surface area contributed by atoms with Crippen molar-refractivity contribution in [1.82, 2.24) is 9.29 Å². The molecule has 8 nitrogen and oxygen atoms in total. The first-order valence-corrected chi connectivity index (χ1v) is 11.0. The number of nitro benzene ring substituents is 1. The van der Waals surface area contributed by atoms with Gasteiger partial charge in [0.15, 0.2) is 0 Å². The summed E-state index contributed by atoms with van der Waals surface area (Å²) in [6.07, 6.45) is 4.69. The second-order valence-electron chi connectivity index (χ2n) is 6.93. The minimum atomic E-state index is -3.52. The molecule has 1 aliphatic rings. The highest BCUT2D eigenvalue weighted by Crippen LogP contribution is 2.33. The molecule has 0 saturated carbocycles. The van der Waals surface area contributed by atoms with E-state index in [9.17, 15) is 18.5 Å². The summed E-state index contributed by atoms with van der Waals surface area (Å²) in [6, 6.07) is 14.2. The highest BCUT2D eigenvalue weighted by atomic mass is 32.2. The third-order valence-electron chi connectivity index (χ3n) is 5.14. The van der Waals surface area contributed by atoms with Gasteiger partial charge in [0.25, 0.3) is 5.69 Å². The van der Waals surface area contributed by atoms with Gasteiger partial charge >= 0.3 is 0 Å². The maximum Gasteiger partial charge on any atom is 0.278 e. The normalized spacial score (nSPS) is 15.7. The molecule has 0 bridgehead atoms. The second kappa shape index (κ2) is 8.21. The average molecular weight is 424 g/mol. The number of sulfonamides is 1. The summed E-state index contributed by atoms with van der Waals surface area (Å²) in [7, 11) is -3.52. The van der Waals surface area contributed by atoms with Crippen LogP contribution in [0, 0.1) is 10.1 Å². The Balaban J connectivity index is 1.52. The molecule has 0 amide bonds. The molecular weight excluding hydrogens is 404 g/mol. The molecule has 3 aromatic rings. The van der Waals surface area contributed by atoms with Gasteiger partial charge in [-0.05, 0) is 23.8 Å². The van der Waals surface area contributed by atoms with Gasteiger partial charge in [-0.3, -0.25) is 15.1 Å². The van der Waals surface area contributed by atoms with Crippen LogP contribution in [0.25, 0.3) is 16.8 Å². The average Bonchev–Trinajstić information content (AvgIpc) is 2.78. The fourth-order valence-electron chi connectivity index (χ4n) is 3.59. The Bertz CT molecular complexity index is 1200. The van der Waals surface area contributed by atoms with Crippen molar-refractivity contribution in [2.24, 2.45) is 0 Å². The molecule has 2 aromatic carbocycles. The molecule has 1 saturated heterocycles. The van der Waals surface area contributed by atoms with E-state index in [1.165, 1.54) is 22.0 Å². The summed E-state index contributed by atoms with van der Waals surface area (Å²) < 4.78 is 26.8. The maximum atomic E-state index is 12.7. The van der Waals surface area contributed by atoms with Crippen molar-refractivity contribution < 1.29 is 13.3 Å². The quantitative estimate of drug-likeness (QED) is 0.461. The van der Waals surface area contributed by atoms with Gasteiger partial charge in [0.05, 0.1) is 10.3 Å². The second-order valence-corrected chi connectivity index (χ2v) is 8.75. The van der Waals surface area contributed by atoms with Gasteiger partial charge in [-0.15, -0.1) is 0 Å². The molecule has 0 atom stereocenters. The van der Waals surface area contributed by atoms with Crippen LogP contribution in [0.3, 0.4) is 0 Å². The zero-order chi connectivity index (χ0) is 21.1. The van der Waals surface area contributed by atoms with E-state index in [0.29, 0.717) is 31.6 Å². The van der Waals surface area contributed by atoms with Gasteiger partial charge in [0, 0.05) is 61.1 Å². The summed E-state index contributed by atoms with van der Waals surface area (Å²) in [5.74, 6) is 0. The van der Waals surface area contributed by atoms with E-state index in [1.54, 1.807) is 24.4 Å². The number of fused-ring (bicyclic) bond motifs is 1. The van der Waals surface area contributed by atoms with E-state index in [1.807, 2.05) is 30.3 Å². The summed E-state index contributed by atoms with van der Waals surface area (Å²) in [6.45, 7) is 1.66. The van der Waals surface area contributed by atoms with Crippen LogP contribution in [-0.4, -0.2) is 48.8 Å². The molecule has 30 heavy (non-hydrogen) atoms. The lowest BCUT2D eigenvalue weighted by Gasteiger charge is -2.35. The first-order valence-electron chi connectivity index (χ1n) is 9.45. The van der Waals surface area contributed by atoms with Crippen molar-refractivity contribution in [3.63, 3.8) is 0 Å². The molecule has 9 heteroatoms. The van der Waals surface area contributed by atoms with Crippen LogP contribution < -0.4 is 4.90 Å². The SMILES string of the molecule is O=[N+]([O-])c1ccc(N2CCN(S(=O)(=O)/C=C/c3ccccc3)CC2)c2ccncc12. The van der Waals surface area contributed by atoms with Crippen molar-refractivity contribution in [3.8, 4) is 0 Å². The zero-order valence-electron chi connectivity index (χ0n) is 16.1. The van der Waals surface area contributed by atoms with Gasteiger partial charge in [-0.1, -0.05) is 30.3 Å². The summed E-state index contributed by atoms with van der Waals surface area (Å²) in [5.41, 5.74) is 1.68. The maximum absolute atomic E-state index is 12.7. The number of anilines is 1. The molecule has 0 unspecified atom stereocenters. The number of hydrogen-bond donors (Lipinski definition) is 0. The molecule has 2 heterocycles. The van der Waals surface area contributed by atoms with Gasteiger partial charge in [-0.25, -0.2) is 8.42 Å². The Hall–Kier alpha value is -3.30. The predicted molar refractivity (Wildman–Crippen MR) is 117 cm³/mol. The predicted octanol–water partition coefficient (Wildman–Crippen LogP) is 3.27. The van der Waals surface area contributed by atoms with Crippen LogP contribution in [0.5, 0.6) is 0 Å². The number of non-ortho nitro benzene ring substituents is 1. The van der Waals surface area contributed by atoms with E-state index in [2.05, 4.69) is 9.88 Å². The van der Waals surface area contributed by atoms with E-state index in [4.69, 9.17) is 0 Å². The number of nitrogens with zero attached hydrogens (tertiary/aromatic N) is 4. The van der Waals surface area contributed by atoms with Crippen LogP contribution in [0.1, 0.15) is 5.56 Å². The number of rotatable bonds is 5. The third-order valence-corrected chi connectivity index (χ3v) is 6.70. The minimum absolute atomic E-state index is 0.00844.